The Hall–Kier alpha value is -0.280. The largest absolute Gasteiger partial charge is 0.303 e. The van der Waals surface area contributed by atoms with Gasteiger partial charge in [-0.15, -0.1) is 12.6 Å². The van der Waals surface area contributed by atoms with Crippen molar-refractivity contribution in [2.45, 2.75) is 17.7 Å². The van der Waals surface area contributed by atoms with Crippen molar-refractivity contribution < 1.29 is 4.79 Å². The van der Waals surface area contributed by atoms with Crippen LogP contribution in [0.4, 0.5) is 0 Å². The molecule has 64 valence electrons. The van der Waals surface area contributed by atoms with Gasteiger partial charge >= 0.3 is 0 Å². The lowest BCUT2D eigenvalue weighted by Crippen LogP contribution is -1.93. The Morgan fingerprint density at radius 1 is 1.58 bits per heavy atom. The van der Waals surface area contributed by atoms with Crippen LogP contribution in [0.2, 0.25) is 0 Å². The van der Waals surface area contributed by atoms with Gasteiger partial charge in [0.2, 0.25) is 0 Å². The molecule has 0 aromatic heterocycles. The van der Waals surface area contributed by atoms with Crippen LogP contribution in [0.3, 0.4) is 0 Å². The Kier molecular flexibility index (Phi) is 3.35. The van der Waals surface area contributed by atoms with E-state index in [-0.39, 0.29) is 5.92 Å². The number of hydrogen-bond donors (Lipinski definition) is 1. The van der Waals surface area contributed by atoms with E-state index in [1.807, 2.05) is 25.1 Å². The molecule has 0 bridgehead atoms. The molecule has 0 saturated heterocycles. The predicted molar refractivity (Wildman–Crippen MR) is 55.9 cm³/mol. The highest BCUT2D eigenvalue weighted by Gasteiger charge is 2.04. The molecule has 0 saturated carbocycles. The van der Waals surface area contributed by atoms with Crippen molar-refractivity contribution >= 4 is 34.8 Å². The molecule has 12 heavy (non-hydrogen) atoms. The number of halogens is 1. The van der Waals surface area contributed by atoms with E-state index >= 15 is 0 Å². The van der Waals surface area contributed by atoms with Crippen LogP contribution in [0.5, 0.6) is 0 Å². The molecule has 1 atom stereocenters. The molecule has 0 spiro atoms. The molecule has 3 heteroatoms. The van der Waals surface area contributed by atoms with Gasteiger partial charge in [-0.2, -0.15) is 0 Å². The second kappa shape index (κ2) is 4.10. The zero-order chi connectivity index (χ0) is 9.14. The lowest BCUT2D eigenvalue weighted by Gasteiger charge is -2.05. The Morgan fingerprint density at radius 2 is 2.25 bits per heavy atom. The Balaban J connectivity index is 3.04. The standard InChI is InChI=1S/C9H9BrOS/c1-6(5-11)7-2-3-9(12)8(10)4-7/h2-6,12H,1H3. The van der Waals surface area contributed by atoms with Crippen molar-refractivity contribution in [1.29, 1.82) is 0 Å². The molecule has 0 radical (unpaired) electrons. The van der Waals surface area contributed by atoms with Crippen molar-refractivity contribution in [2.24, 2.45) is 0 Å². The van der Waals surface area contributed by atoms with Crippen molar-refractivity contribution in [3.63, 3.8) is 0 Å². The molecular weight excluding hydrogens is 236 g/mol. The van der Waals surface area contributed by atoms with Gasteiger partial charge in [-0.25, -0.2) is 0 Å². The van der Waals surface area contributed by atoms with E-state index < -0.39 is 0 Å². The minimum absolute atomic E-state index is 0.0461. The van der Waals surface area contributed by atoms with Crippen LogP contribution in [0, 0.1) is 0 Å². The molecule has 0 amide bonds. The van der Waals surface area contributed by atoms with Crippen molar-refractivity contribution in [1.82, 2.24) is 0 Å². The molecule has 1 unspecified atom stereocenters. The van der Waals surface area contributed by atoms with Crippen molar-refractivity contribution in [2.75, 3.05) is 0 Å². The van der Waals surface area contributed by atoms with Gasteiger partial charge in [0.25, 0.3) is 0 Å². The van der Waals surface area contributed by atoms with Crippen molar-refractivity contribution in [3.8, 4) is 0 Å². The second-order valence-corrected chi connectivity index (χ2v) is 3.97. The quantitative estimate of drug-likeness (QED) is 0.626. The van der Waals surface area contributed by atoms with Crippen LogP contribution >= 0.6 is 28.6 Å². The summed E-state index contributed by atoms with van der Waals surface area (Å²) in [6, 6.07) is 5.70. The second-order valence-electron chi connectivity index (χ2n) is 2.64. The monoisotopic (exact) mass is 244 g/mol. The average Bonchev–Trinajstić information content (AvgIpc) is 2.08. The molecular formula is C9H9BrOS. The Labute approximate surface area is 85.7 Å². The van der Waals surface area contributed by atoms with Gasteiger partial charge < -0.3 is 4.79 Å². The first-order valence-electron chi connectivity index (χ1n) is 3.59. The molecule has 1 aromatic carbocycles. The lowest BCUT2D eigenvalue weighted by molar-refractivity contribution is -0.108. The fraction of sp³-hybridized carbons (Fsp3) is 0.222. The SMILES string of the molecule is CC(C=O)c1ccc(S)c(Br)c1. The number of rotatable bonds is 2. The lowest BCUT2D eigenvalue weighted by atomic mass is 10.0. The van der Waals surface area contributed by atoms with Gasteiger partial charge in [-0.05, 0) is 33.6 Å². The molecule has 0 aliphatic rings. The third-order valence-electron chi connectivity index (χ3n) is 1.70. The van der Waals surface area contributed by atoms with Crippen LogP contribution in [0.25, 0.3) is 0 Å². The maximum absolute atomic E-state index is 10.5. The number of benzene rings is 1. The summed E-state index contributed by atoms with van der Waals surface area (Å²) in [7, 11) is 0. The van der Waals surface area contributed by atoms with Crippen LogP contribution < -0.4 is 0 Å². The van der Waals surface area contributed by atoms with Gasteiger partial charge in [0, 0.05) is 15.3 Å². The zero-order valence-electron chi connectivity index (χ0n) is 6.62. The Morgan fingerprint density at radius 3 is 2.75 bits per heavy atom. The van der Waals surface area contributed by atoms with Crippen molar-refractivity contribution in [3.05, 3.63) is 28.2 Å². The molecule has 0 fully saturated rings. The summed E-state index contributed by atoms with van der Waals surface area (Å²) < 4.78 is 0.928. The molecule has 0 aliphatic carbocycles. The first-order valence-corrected chi connectivity index (χ1v) is 4.83. The Bertz CT molecular complexity index is 299. The minimum atomic E-state index is -0.0461. The average molecular weight is 245 g/mol. The highest BCUT2D eigenvalue weighted by atomic mass is 79.9. The van der Waals surface area contributed by atoms with Gasteiger partial charge in [-0.3, -0.25) is 0 Å². The summed E-state index contributed by atoms with van der Waals surface area (Å²) in [5.74, 6) is -0.0461. The van der Waals surface area contributed by atoms with Crippen LogP contribution in [-0.2, 0) is 4.79 Å². The van der Waals surface area contributed by atoms with E-state index in [0.29, 0.717) is 0 Å². The van der Waals surface area contributed by atoms with Crippen LogP contribution in [0.15, 0.2) is 27.6 Å². The van der Waals surface area contributed by atoms with E-state index in [0.717, 1.165) is 21.2 Å². The highest BCUT2D eigenvalue weighted by Crippen LogP contribution is 2.24. The molecule has 0 aliphatic heterocycles. The maximum atomic E-state index is 10.5. The normalized spacial score (nSPS) is 12.6. The number of aldehydes is 1. The zero-order valence-corrected chi connectivity index (χ0v) is 9.10. The van der Waals surface area contributed by atoms with E-state index in [9.17, 15) is 4.79 Å². The first kappa shape index (κ1) is 9.81. The number of carbonyl (C=O) groups excluding carboxylic acids is 1. The van der Waals surface area contributed by atoms with E-state index in [1.54, 1.807) is 0 Å². The summed E-state index contributed by atoms with van der Waals surface area (Å²) in [6.07, 6.45) is 0.931. The highest BCUT2D eigenvalue weighted by molar-refractivity contribution is 9.10. The topological polar surface area (TPSA) is 17.1 Å². The van der Waals surface area contributed by atoms with E-state index in [2.05, 4.69) is 28.6 Å². The summed E-state index contributed by atoms with van der Waals surface area (Å²) in [4.78, 5) is 11.4. The molecule has 0 N–H and O–H groups in total. The summed E-state index contributed by atoms with van der Waals surface area (Å²) >= 11 is 7.56. The first-order chi connectivity index (χ1) is 5.65. The van der Waals surface area contributed by atoms with E-state index in [1.165, 1.54) is 0 Å². The van der Waals surface area contributed by atoms with Gasteiger partial charge in [0.05, 0.1) is 0 Å². The fourth-order valence-electron chi connectivity index (χ4n) is 0.885. The summed E-state index contributed by atoms with van der Waals surface area (Å²) in [5, 5.41) is 0. The molecule has 0 heterocycles. The van der Waals surface area contributed by atoms with Crippen LogP contribution in [-0.4, -0.2) is 6.29 Å². The van der Waals surface area contributed by atoms with Crippen LogP contribution in [0.1, 0.15) is 18.4 Å². The molecule has 1 nitrogen and oxygen atoms in total. The van der Waals surface area contributed by atoms with Gasteiger partial charge in [-0.1, -0.05) is 13.0 Å². The molecule has 1 rings (SSSR count). The van der Waals surface area contributed by atoms with Gasteiger partial charge in [0.15, 0.2) is 0 Å². The number of hydrogen-bond acceptors (Lipinski definition) is 2. The van der Waals surface area contributed by atoms with Gasteiger partial charge in [0.1, 0.15) is 6.29 Å². The predicted octanol–water partition coefficient (Wildman–Crippen LogP) is 3.04. The number of thiol groups is 1. The number of carbonyl (C=O) groups is 1. The fourth-order valence-corrected chi connectivity index (χ4v) is 1.42. The maximum Gasteiger partial charge on any atom is 0.127 e. The summed E-state index contributed by atoms with van der Waals surface area (Å²) in [5.41, 5.74) is 1.01. The molecule has 1 aromatic rings. The third-order valence-corrected chi connectivity index (χ3v) is 3.05. The smallest absolute Gasteiger partial charge is 0.127 e. The summed E-state index contributed by atoms with van der Waals surface area (Å²) in [6.45, 7) is 1.87. The minimum Gasteiger partial charge on any atom is -0.303 e. The third kappa shape index (κ3) is 2.11. The van der Waals surface area contributed by atoms with E-state index in [4.69, 9.17) is 0 Å².